The van der Waals surface area contributed by atoms with Crippen LogP contribution < -0.4 is 11.1 Å². The van der Waals surface area contributed by atoms with E-state index in [0.29, 0.717) is 11.5 Å². The van der Waals surface area contributed by atoms with Gasteiger partial charge in [0.05, 0.1) is 11.0 Å². The van der Waals surface area contributed by atoms with Gasteiger partial charge in [0.2, 0.25) is 5.95 Å². The van der Waals surface area contributed by atoms with Gasteiger partial charge in [-0.25, -0.2) is 4.98 Å². The van der Waals surface area contributed by atoms with Crippen LogP contribution in [0, 0.1) is 0 Å². The number of aryl methyl sites for hydroxylation is 1. The third kappa shape index (κ3) is 2.45. The third-order valence-corrected chi connectivity index (χ3v) is 3.39. The average molecular weight is 280 g/mol. The largest absolute Gasteiger partial charge is 0.369 e. The Labute approximate surface area is 122 Å². The van der Waals surface area contributed by atoms with Crippen molar-refractivity contribution in [1.29, 1.82) is 0 Å². The standard InChI is InChI=1S/C16H16N4O/c1-2-20-14-9-8-11(10-13(14)19-16(20)17)15(21)18-12-6-4-3-5-7-12/h3-10H,2H2,1H3,(H2,17,19)(H,18,21). The molecule has 3 N–H and O–H groups in total. The Morgan fingerprint density at radius 2 is 2.00 bits per heavy atom. The highest BCUT2D eigenvalue weighted by atomic mass is 16.1. The van der Waals surface area contributed by atoms with Crippen molar-refractivity contribution in [2.24, 2.45) is 0 Å². The van der Waals surface area contributed by atoms with Crippen molar-refractivity contribution in [3.63, 3.8) is 0 Å². The molecule has 0 aliphatic heterocycles. The number of nitrogens with zero attached hydrogens (tertiary/aromatic N) is 2. The lowest BCUT2D eigenvalue weighted by molar-refractivity contribution is 0.102. The number of anilines is 2. The van der Waals surface area contributed by atoms with Crippen LogP contribution in [0.15, 0.2) is 48.5 Å². The van der Waals surface area contributed by atoms with E-state index in [2.05, 4.69) is 10.3 Å². The van der Waals surface area contributed by atoms with Crippen LogP contribution in [-0.4, -0.2) is 15.5 Å². The van der Waals surface area contributed by atoms with Gasteiger partial charge in [0, 0.05) is 17.8 Å². The Bertz CT molecular complexity index is 793. The minimum atomic E-state index is -0.160. The number of imidazole rings is 1. The van der Waals surface area contributed by atoms with Gasteiger partial charge in [-0.15, -0.1) is 0 Å². The molecule has 0 spiro atoms. The monoisotopic (exact) mass is 280 g/mol. The van der Waals surface area contributed by atoms with Crippen molar-refractivity contribution in [2.45, 2.75) is 13.5 Å². The highest BCUT2D eigenvalue weighted by Crippen LogP contribution is 2.20. The first kappa shape index (κ1) is 13.2. The van der Waals surface area contributed by atoms with E-state index >= 15 is 0 Å². The fraction of sp³-hybridized carbons (Fsp3) is 0.125. The second-order valence-corrected chi connectivity index (χ2v) is 4.74. The minimum Gasteiger partial charge on any atom is -0.369 e. The van der Waals surface area contributed by atoms with Gasteiger partial charge in [0.25, 0.3) is 5.91 Å². The summed E-state index contributed by atoms with van der Waals surface area (Å²) >= 11 is 0. The number of fused-ring (bicyclic) bond motifs is 1. The summed E-state index contributed by atoms with van der Waals surface area (Å²) in [6.07, 6.45) is 0. The maximum absolute atomic E-state index is 12.2. The summed E-state index contributed by atoms with van der Waals surface area (Å²) in [7, 11) is 0. The molecular formula is C16H16N4O. The molecule has 21 heavy (non-hydrogen) atoms. The quantitative estimate of drug-likeness (QED) is 0.774. The van der Waals surface area contributed by atoms with Crippen LogP contribution in [-0.2, 0) is 6.54 Å². The normalized spacial score (nSPS) is 10.7. The molecule has 0 saturated heterocycles. The van der Waals surface area contributed by atoms with E-state index in [1.165, 1.54) is 0 Å². The van der Waals surface area contributed by atoms with Gasteiger partial charge in [-0.1, -0.05) is 18.2 Å². The molecule has 0 unspecified atom stereocenters. The number of nitrogens with one attached hydrogen (secondary N) is 1. The SMILES string of the molecule is CCn1c(N)nc2cc(C(=O)Nc3ccccc3)ccc21. The molecule has 0 aliphatic carbocycles. The summed E-state index contributed by atoms with van der Waals surface area (Å²) in [5, 5.41) is 2.85. The Morgan fingerprint density at radius 3 is 2.71 bits per heavy atom. The van der Waals surface area contributed by atoms with Gasteiger partial charge < -0.3 is 15.6 Å². The summed E-state index contributed by atoms with van der Waals surface area (Å²) < 4.78 is 1.91. The van der Waals surface area contributed by atoms with Crippen molar-refractivity contribution < 1.29 is 4.79 Å². The van der Waals surface area contributed by atoms with E-state index in [9.17, 15) is 4.79 Å². The number of nitrogen functional groups attached to an aromatic ring is 1. The van der Waals surface area contributed by atoms with Crippen molar-refractivity contribution in [3.05, 3.63) is 54.1 Å². The van der Waals surface area contributed by atoms with Crippen LogP contribution in [0.2, 0.25) is 0 Å². The molecule has 3 rings (SSSR count). The number of para-hydroxylation sites is 1. The van der Waals surface area contributed by atoms with Crippen molar-refractivity contribution >= 4 is 28.6 Å². The Hall–Kier alpha value is -2.82. The molecule has 0 atom stereocenters. The van der Waals surface area contributed by atoms with Crippen LogP contribution >= 0.6 is 0 Å². The Morgan fingerprint density at radius 1 is 1.24 bits per heavy atom. The summed E-state index contributed by atoms with van der Waals surface area (Å²) in [5.41, 5.74) is 8.86. The number of rotatable bonds is 3. The highest BCUT2D eigenvalue weighted by molar-refractivity contribution is 6.06. The fourth-order valence-electron chi connectivity index (χ4n) is 2.35. The zero-order chi connectivity index (χ0) is 14.8. The molecule has 106 valence electrons. The molecule has 5 heteroatoms. The highest BCUT2D eigenvalue weighted by Gasteiger charge is 2.11. The van der Waals surface area contributed by atoms with Crippen molar-refractivity contribution in [3.8, 4) is 0 Å². The number of amides is 1. The van der Waals surface area contributed by atoms with E-state index in [1.54, 1.807) is 12.1 Å². The van der Waals surface area contributed by atoms with Gasteiger partial charge in [-0.05, 0) is 37.3 Å². The van der Waals surface area contributed by atoms with Gasteiger partial charge in [-0.3, -0.25) is 4.79 Å². The molecule has 2 aromatic carbocycles. The fourth-order valence-corrected chi connectivity index (χ4v) is 2.35. The molecule has 1 amide bonds. The van der Waals surface area contributed by atoms with Crippen LogP contribution in [0.5, 0.6) is 0 Å². The van der Waals surface area contributed by atoms with Crippen LogP contribution in [0.1, 0.15) is 17.3 Å². The van der Waals surface area contributed by atoms with Crippen molar-refractivity contribution in [2.75, 3.05) is 11.1 Å². The topological polar surface area (TPSA) is 72.9 Å². The van der Waals surface area contributed by atoms with Crippen LogP contribution in [0.3, 0.4) is 0 Å². The zero-order valence-electron chi connectivity index (χ0n) is 11.7. The van der Waals surface area contributed by atoms with E-state index in [1.807, 2.05) is 47.9 Å². The minimum absolute atomic E-state index is 0.160. The zero-order valence-corrected chi connectivity index (χ0v) is 11.7. The predicted octanol–water partition coefficient (Wildman–Crippen LogP) is 2.89. The Balaban J connectivity index is 1.92. The lowest BCUT2D eigenvalue weighted by Crippen LogP contribution is -2.11. The molecule has 0 saturated carbocycles. The predicted molar refractivity (Wildman–Crippen MR) is 84.2 cm³/mol. The molecule has 1 aromatic heterocycles. The maximum Gasteiger partial charge on any atom is 0.255 e. The van der Waals surface area contributed by atoms with Gasteiger partial charge >= 0.3 is 0 Å². The Kier molecular flexibility index (Phi) is 3.31. The maximum atomic E-state index is 12.2. The molecule has 1 heterocycles. The van der Waals surface area contributed by atoms with E-state index in [0.717, 1.165) is 23.3 Å². The second-order valence-electron chi connectivity index (χ2n) is 4.74. The average Bonchev–Trinajstić information content (AvgIpc) is 2.82. The number of aromatic nitrogens is 2. The summed E-state index contributed by atoms with van der Waals surface area (Å²) in [6, 6.07) is 14.8. The number of hydrogen-bond donors (Lipinski definition) is 2. The lowest BCUT2D eigenvalue weighted by Gasteiger charge is -2.05. The molecule has 3 aromatic rings. The number of nitrogens with two attached hydrogens (primary N) is 1. The summed E-state index contributed by atoms with van der Waals surface area (Å²) in [5.74, 6) is 0.306. The summed E-state index contributed by atoms with van der Waals surface area (Å²) in [6.45, 7) is 2.76. The lowest BCUT2D eigenvalue weighted by atomic mass is 10.2. The number of carbonyl (C=O) groups is 1. The first-order valence-electron chi connectivity index (χ1n) is 6.81. The van der Waals surface area contributed by atoms with E-state index in [-0.39, 0.29) is 5.91 Å². The van der Waals surface area contributed by atoms with Gasteiger partial charge in [0.1, 0.15) is 0 Å². The van der Waals surface area contributed by atoms with Crippen LogP contribution in [0.4, 0.5) is 11.6 Å². The van der Waals surface area contributed by atoms with E-state index in [4.69, 9.17) is 5.73 Å². The number of carbonyl (C=O) groups excluding carboxylic acids is 1. The van der Waals surface area contributed by atoms with Crippen LogP contribution in [0.25, 0.3) is 11.0 Å². The number of benzene rings is 2. The molecular weight excluding hydrogens is 264 g/mol. The van der Waals surface area contributed by atoms with E-state index < -0.39 is 0 Å². The molecule has 0 fully saturated rings. The first-order valence-corrected chi connectivity index (χ1v) is 6.81. The van der Waals surface area contributed by atoms with Crippen molar-refractivity contribution in [1.82, 2.24) is 9.55 Å². The summed E-state index contributed by atoms with van der Waals surface area (Å²) in [4.78, 5) is 16.5. The first-order chi connectivity index (χ1) is 10.2. The van der Waals surface area contributed by atoms with Gasteiger partial charge in [-0.2, -0.15) is 0 Å². The molecule has 0 aliphatic rings. The molecule has 0 radical (unpaired) electrons. The third-order valence-electron chi connectivity index (χ3n) is 3.39. The van der Waals surface area contributed by atoms with Gasteiger partial charge in [0.15, 0.2) is 0 Å². The second kappa shape index (κ2) is 5.28. The molecule has 5 nitrogen and oxygen atoms in total. The molecule has 0 bridgehead atoms. The number of hydrogen-bond acceptors (Lipinski definition) is 3. The smallest absolute Gasteiger partial charge is 0.255 e.